The van der Waals surface area contributed by atoms with Crippen LogP contribution in [-0.2, 0) is 0 Å². The maximum Gasteiger partial charge on any atom is 0.103 e. The lowest BCUT2D eigenvalue weighted by Crippen LogP contribution is -2.09. The monoisotopic (exact) mass is 271 g/mol. The molecule has 2 rings (SSSR count). The predicted octanol–water partition coefficient (Wildman–Crippen LogP) is 3.13. The molecule has 3 nitrogen and oxygen atoms in total. The second-order valence-corrected chi connectivity index (χ2v) is 4.95. The Kier molecular flexibility index (Phi) is 4.02. The van der Waals surface area contributed by atoms with Gasteiger partial charge in [0.25, 0.3) is 0 Å². The van der Waals surface area contributed by atoms with E-state index >= 15 is 0 Å². The molecule has 0 saturated carbocycles. The van der Waals surface area contributed by atoms with Gasteiger partial charge in [0.15, 0.2) is 0 Å². The molecule has 0 amide bonds. The zero-order valence-electron chi connectivity index (χ0n) is 11.1. The van der Waals surface area contributed by atoms with Crippen LogP contribution >= 0.6 is 12.2 Å². The molecule has 0 radical (unpaired) electrons. The molecule has 0 aliphatic heterocycles. The van der Waals surface area contributed by atoms with Crippen LogP contribution < -0.4 is 16.0 Å². The van der Waals surface area contributed by atoms with Gasteiger partial charge in [0.05, 0.1) is 0 Å². The number of thiocarbonyl (C=S) groups is 1. The van der Waals surface area contributed by atoms with E-state index in [1.165, 1.54) is 0 Å². The number of nitrogens with two attached hydrogens (primary N) is 1. The van der Waals surface area contributed by atoms with Gasteiger partial charge < -0.3 is 16.0 Å². The van der Waals surface area contributed by atoms with Gasteiger partial charge in [-0.25, -0.2) is 0 Å². The number of hydrogen-bond donors (Lipinski definition) is 2. The number of nitrogens with zero attached hydrogens (tertiary/aromatic N) is 1. The van der Waals surface area contributed by atoms with Gasteiger partial charge in [-0.2, -0.15) is 0 Å². The summed E-state index contributed by atoms with van der Waals surface area (Å²) in [4.78, 5) is 2.49. The zero-order chi connectivity index (χ0) is 13.8. The summed E-state index contributed by atoms with van der Waals surface area (Å²) in [5, 5.41) is 3.35. The van der Waals surface area contributed by atoms with Crippen molar-refractivity contribution >= 4 is 34.3 Å². The molecular weight excluding hydrogens is 254 g/mol. The highest BCUT2D eigenvalue weighted by molar-refractivity contribution is 7.80. The van der Waals surface area contributed by atoms with E-state index < -0.39 is 0 Å². The van der Waals surface area contributed by atoms with Crippen molar-refractivity contribution in [3.05, 3.63) is 54.1 Å². The molecule has 0 aromatic heterocycles. The molecule has 3 N–H and O–H groups in total. The summed E-state index contributed by atoms with van der Waals surface area (Å²) in [6, 6.07) is 16.0. The third-order valence-corrected chi connectivity index (χ3v) is 3.06. The summed E-state index contributed by atoms with van der Waals surface area (Å²) in [5.74, 6) is 0. The van der Waals surface area contributed by atoms with Crippen molar-refractivity contribution in [3.63, 3.8) is 0 Å². The third-order valence-electron chi connectivity index (χ3n) is 2.82. The van der Waals surface area contributed by atoms with Crippen molar-refractivity contribution in [2.24, 2.45) is 5.73 Å². The van der Waals surface area contributed by atoms with E-state index in [4.69, 9.17) is 18.0 Å². The minimum atomic E-state index is 0.418. The second kappa shape index (κ2) is 5.71. The normalized spacial score (nSPS) is 10.0. The molecule has 98 valence electrons. The third kappa shape index (κ3) is 3.45. The van der Waals surface area contributed by atoms with Crippen LogP contribution in [0.25, 0.3) is 0 Å². The molecule has 0 aliphatic rings. The number of rotatable bonds is 4. The summed E-state index contributed by atoms with van der Waals surface area (Å²) in [7, 11) is 4.05. The lowest BCUT2D eigenvalue weighted by molar-refractivity contribution is 1.13. The van der Waals surface area contributed by atoms with Gasteiger partial charge in [-0.05, 0) is 42.5 Å². The van der Waals surface area contributed by atoms with Gasteiger partial charge in [0.1, 0.15) is 4.99 Å². The highest BCUT2D eigenvalue weighted by Crippen LogP contribution is 2.21. The van der Waals surface area contributed by atoms with Crippen LogP contribution in [-0.4, -0.2) is 19.1 Å². The number of hydrogen-bond acceptors (Lipinski definition) is 3. The van der Waals surface area contributed by atoms with Crippen LogP contribution in [0.15, 0.2) is 48.5 Å². The maximum atomic E-state index is 5.58. The molecule has 0 spiro atoms. The molecule has 0 heterocycles. The Hall–Kier alpha value is -2.07. The Morgan fingerprint density at radius 3 is 2.32 bits per heavy atom. The van der Waals surface area contributed by atoms with Gasteiger partial charge in [0, 0.05) is 36.7 Å². The molecule has 0 unspecified atom stereocenters. The minimum Gasteiger partial charge on any atom is -0.389 e. The molecule has 2 aromatic rings. The summed E-state index contributed by atoms with van der Waals surface area (Å²) >= 11 is 4.93. The molecule has 0 aliphatic carbocycles. The first-order valence-corrected chi connectivity index (χ1v) is 6.41. The van der Waals surface area contributed by atoms with Crippen LogP contribution in [0.4, 0.5) is 17.1 Å². The topological polar surface area (TPSA) is 41.3 Å². The van der Waals surface area contributed by atoms with E-state index in [0.29, 0.717) is 4.99 Å². The van der Waals surface area contributed by atoms with Gasteiger partial charge >= 0.3 is 0 Å². The first-order valence-electron chi connectivity index (χ1n) is 6.00. The fourth-order valence-electron chi connectivity index (χ4n) is 1.75. The van der Waals surface area contributed by atoms with E-state index in [-0.39, 0.29) is 0 Å². The maximum absolute atomic E-state index is 5.58. The Morgan fingerprint density at radius 2 is 1.74 bits per heavy atom. The molecular formula is C15H17N3S. The Balaban J connectivity index is 2.16. The molecule has 0 fully saturated rings. The fraction of sp³-hybridized carbons (Fsp3) is 0.133. The van der Waals surface area contributed by atoms with E-state index in [2.05, 4.69) is 22.3 Å². The highest BCUT2D eigenvalue weighted by Gasteiger charge is 2.00. The molecule has 0 atom stereocenters. The van der Waals surface area contributed by atoms with Crippen molar-refractivity contribution in [2.75, 3.05) is 24.3 Å². The molecule has 0 bridgehead atoms. The average molecular weight is 271 g/mol. The first kappa shape index (κ1) is 13.4. The summed E-state index contributed by atoms with van der Waals surface area (Å²) < 4.78 is 0. The van der Waals surface area contributed by atoms with Crippen LogP contribution in [0.3, 0.4) is 0 Å². The number of anilines is 3. The van der Waals surface area contributed by atoms with Gasteiger partial charge in [-0.15, -0.1) is 0 Å². The SMILES string of the molecule is CN(C)c1cccc(Nc2ccc(C(N)=S)cc2)c1. The Labute approximate surface area is 119 Å². The van der Waals surface area contributed by atoms with E-state index in [1.807, 2.05) is 50.5 Å². The summed E-state index contributed by atoms with van der Waals surface area (Å²) in [6.07, 6.45) is 0. The standard InChI is InChI=1S/C15H17N3S/c1-18(2)14-5-3-4-13(10-14)17-12-8-6-11(7-9-12)15(16)19/h3-10,17H,1-2H3,(H2,16,19). The van der Waals surface area contributed by atoms with Gasteiger partial charge in [-0.1, -0.05) is 18.3 Å². The van der Waals surface area contributed by atoms with Crippen molar-refractivity contribution < 1.29 is 0 Å². The minimum absolute atomic E-state index is 0.418. The lowest BCUT2D eigenvalue weighted by Gasteiger charge is -2.14. The predicted molar refractivity (Wildman–Crippen MR) is 86.4 cm³/mol. The largest absolute Gasteiger partial charge is 0.389 e. The highest BCUT2D eigenvalue weighted by atomic mass is 32.1. The van der Waals surface area contributed by atoms with E-state index in [9.17, 15) is 0 Å². The van der Waals surface area contributed by atoms with Crippen molar-refractivity contribution in [3.8, 4) is 0 Å². The fourth-order valence-corrected chi connectivity index (χ4v) is 1.88. The summed E-state index contributed by atoms with van der Waals surface area (Å²) in [5.41, 5.74) is 9.67. The lowest BCUT2D eigenvalue weighted by atomic mass is 10.2. The average Bonchev–Trinajstić information content (AvgIpc) is 2.39. The Bertz CT molecular complexity index is 576. The second-order valence-electron chi connectivity index (χ2n) is 4.51. The quantitative estimate of drug-likeness (QED) is 0.838. The van der Waals surface area contributed by atoms with Crippen LogP contribution in [0.2, 0.25) is 0 Å². The van der Waals surface area contributed by atoms with Crippen LogP contribution in [0, 0.1) is 0 Å². The summed E-state index contributed by atoms with van der Waals surface area (Å²) in [6.45, 7) is 0. The molecule has 19 heavy (non-hydrogen) atoms. The Morgan fingerprint density at radius 1 is 1.05 bits per heavy atom. The van der Waals surface area contributed by atoms with Gasteiger partial charge in [-0.3, -0.25) is 0 Å². The van der Waals surface area contributed by atoms with Crippen molar-refractivity contribution in [1.82, 2.24) is 0 Å². The van der Waals surface area contributed by atoms with E-state index in [0.717, 1.165) is 22.6 Å². The van der Waals surface area contributed by atoms with Crippen LogP contribution in [0.1, 0.15) is 5.56 Å². The van der Waals surface area contributed by atoms with E-state index in [1.54, 1.807) is 0 Å². The smallest absolute Gasteiger partial charge is 0.103 e. The molecule has 0 saturated heterocycles. The molecule has 2 aromatic carbocycles. The van der Waals surface area contributed by atoms with Crippen molar-refractivity contribution in [2.45, 2.75) is 0 Å². The van der Waals surface area contributed by atoms with Crippen LogP contribution in [0.5, 0.6) is 0 Å². The van der Waals surface area contributed by atoms with Gasteiger partial charge in [0.2, 0.25) is 0 Å². The zero-order valence-corrected chi connectivity index (χ0v) is 11.9. The molecule has 4 heteroatoms. The number of nitrogens with one attached hydrogen (secondary N) is 1. The first-order chi connectivity index (χ1) is 9.06. The van der Waals surface area contributed by atoms with Crippen molar-refractivity contribution in [1.29, 1.82) is 0 Å². The number of benzene rings is 2.